The average Bonchev–Trinajstić information content (AvgIpc) is 2.94. The number of allylic oxidation sites excluding steroid dienone is 1. The predicted octanol–water partition coefficient (Wildman–Crippen LogP) is 4.73. The number of Topliss-reactive ketones (excluding diaryl/α,β-unsaturated/α-hetero) is 1. The van der Waals surface area contributed by atoms with E-state index in [1.54, 1.807) is 0 Å². The maximum absolute atomic E-state index is 13.7. The zero-order valence-corrected chi connectivity index (χ0v) is 21.4. The van der Waals surface area contributed by atoms with E-state index in [0.717, 1.165) is 60.8 Å². The van der Waals surface area contributed by atoms with Gasteiger partial charge in [-0.1, -0.05) is 49.7 Å². The third-order valence-electron chi connectivity index (χ3n) is 7.35. The Bertz CT molecular complexity index is 1170. The van der Waals surface area contributed by atoms with E-state index in [-0.39, 0.29) is 29.7 Å². The van der Waals surface area contributed by atoms with Gasteiger partial charge in [0.1, 0.15) is 0 Å². The van der Waals surface area contributed by atoms with Gasteiger partial charge in [0.05, 0.1) is 24.0 Å². The van der Waals surface area contributed by atoms with Crippen LogP contribution >= 0.6 is 11.6 Å². The lowest BCUT2D eigenvalue weighted by Gasteiger charge is -2.39. The van der Waals surface area contributed by atoms with Crippen molar-refractivity contribution in [3.63, 3.8) is 0 Å². The van der Waals surface area contributed by atoms with Crippen molar-refractivity contribution in [1.29, 1.82) is 0 Å². The summed E-state index contributed by atoms with van der Waals surface area (Å²) in [6.45, 7) is 7.65. The van der Waals surface area contributed by atoms with Gasteiger partial charge in [-0.25, -0.2) is 0 Å². The fourth-order valence-corrected chi connectivity index (χ4v) is 5.65. The van der Waals surface area contributed by atoms with Gasteiger partial charge < -0.3 is 20.0 Å². The zero-order valence-electron chi connectivity index (χ0n) is 20.7. The number of hydrogen-bond acceptors (Lipinski definition) is 5. The largest absolute Gasteiger partial charge is 0.357 e. The topological polar surface area (TPSA) is 55.9 Å². The fraction of sp³-hybridized carbons (Fsp3) is 0.429. The first kappa shape index (κ1) is 23.9. The monoisotopic (exact) mass is 492 g/mol. The lowest BCUT2D eigenvalue weighted by atomic mass is 9.73. The fourth-order valence-electron chi connectivity index (χ4n) is 5.52. The molecule has 5 rings (SSSR count). The summed E-state index contributed by atoms with van der Waals surface area (Å²) in [5.74, 6) is 0.216. The number of carbonyl (C=O) groups excluding carboxylic acids is 2. The van der Waals surface area contributed by atoms with Crippen molar-refractivity contribution in [3.05, 3.63) is 70.4 Å². The molecule has 1 fully saturated rings. The number of nitrogens with one attached hydrogen (secondary N) is 1. The van der Waals surface area contributed by atoms with Gasteiger partial charge in [0, 0.05) is 48.9 Å². The second-order valence-electron chi connectivity index (χ2n) is 10.7. The van der Waals surface area contributed by atoms with Gasteiger partial charge in [0.25, 0.3) is 0 Å². The maximum Gasteiger partial charge on any atom is 0.242 e. The Morgan fingerprint density at radius 2 is 1.71 bits per heavy atom. The van der Waals surface area contributed by atoms with Crippen LogP contribution in [0.5, 0.6) is 0 Å². The molecule has 3 aliphatic rings. The van der Waals surface area contributed by atoms with Crippen LogP contribution in [-0.2, 0) is 9.59 Å². The van der Waals surface area contributed by atoms with Crippen LogP contribution in [0.25, 0.3) is 0 Å². The molecule has 1 aliphatic carbocycles. The van der Waals surface area contributed by atoms with Crippen LogP contribution in [-0.4, -0.2) is 61.3 Å². The molecular weight excluding hydrogens is 460 g/mol. The number of rotatable bonds is 3. The minimum atomic E-state index is -0.376. The number of anilines is 2. The molecule has 1 saturated heterocycles. The number of likely N-dealkylation sites (N-methyl/N-ethyl adjacent to an activating group) is 1. The summed E-state index contributed by atoms with van der Waals surface area (Å²) in [6, 6.07) is 15.3. The van der Waals surface area contributed by atoms with Gasteiger partial charge in [-0.15, -0.1) is 0 Å². The number of amides is 1. The van der Waals surface area contributed by atoms with Crippen LogP contribution in [0.2, 0.25) is 5.02 Å². The molecule has 2 heterocycles. The van der Waals surface area contributed by atoms with Crippen molar-refractivity contribution in [3.8, 4) is 0 Å². The van der Waals surface area contributed by atoms with E-state index in [0.29, 0.717) is 11.4 Å². The average molecular weight is 493 g/mol. The molecule has 35 heavy (non-hydrogen) atoms. The SMILES string of the molecule is CN1CCN(C(=O)CN2c3ccccc3NC3=C(C(=O)CC(C)(C)C3)[C@@H]2c2ccc(Cl)cc2)CC1. The van der Waals surface area contributed by atoms with E-state index < -0.39 is 0 Å². The summed E-state index contributed by atoms with van der Waals surface area (Å²) < 4.78 is 0. The van der Waals surface area contributed by atoms with Crippen LogP contribution in [0.1, 0.15) is 38.3 Å². The summed E-state index contributed by atoms with van der Waals surface area (Å²) in [6.07, 6.45) is 1.25. The number of fused-ring (bicyclic) bond motifs is 1. The highest BCUT2D eigenvalue weighted by Crippen LogP contribution is 2.48. The van der Waals surface area contributed by atoms with Gasteiger partial charge in [-0.3, -0.25) is 9.59 Å². The number of para-hydroxylation sites is 2. The number of hydrogen-bond donors (Lipinski definition) is 1. The number of carbonyl (C=O) groups is 2. The number of halogens is 1. The van der Waals surface area contributed by atoms with Crippen LogP contribution in [0.15, 0.2) is 59.8 Å². The van der Waals surface area contributed by atoms with Gasteiger partial charge >= 0.3 is 0 Å². The molecule has 0 aromatic heterocycles. The number of nitrogens with zero attached hydrogens (tertiary/aromatic N) is 3. The first-order chi connectivity index (χ1) is 16.7. The molecule has 2 aromatic carbocycles. The summed E-state index contributed by atoms with van der Waals surface area (Å²) in [4.78, 5) is 33.6. The Morgan fingerprint density at radius 3 is 2.43 bits per heavy atom. The van der Waals surface area contributed by atoms with Crippen LogP contribution in [0.4, 0.5) is 11.4 Å². The molecule has 0 radical (unpaired) electrons. The van der Waals surface area contributed by atoms with Crippen LogP contribution in [0.3, 0.4) is 0 Å². The first-order valence-corrected chi connectivity index (χ1v) is 12.7. The van der Waals surface area contributed by atoms with E-state index in [2.05, 4.69) is 36.0 Å². The predicted molar refractivity (Wildman–Crippen MR) is 141 cm³/mol. The molecule has 7 heteroatoms. The van der Waals surface area contributed by atoms with E-state index in [1.165, 1.54) is 0 Å². The van der Waals surface area contributed by atoms with E-state index in [9.17, 15) is 9.59 Å². The normalized spacial score (nSPS) is 22.3. The molecule has 1 N–H and O–H groups in total. The number of piperazine rings is 1. The molecule has 0 saturated carbocycles. The highest BCUT2D eigenvalue weighted by molar-refractivity contribution is 6.30. The molecule has 1 amide bonds. The lowest BCUT2D eigenvalue weighted by molar-refractivity contribution is -0.131. The van der Waals surface area contributed by atoms with Crippen molar-refractivity contribution in [2.75, 3.05) is 50.0 Å². The standard InChI is InChI=1S/C28H33ClN4O2/c1-28(2)16-22-26(24(34)17-28)27(19-8-10-20(29)11-9-19)33(23-7-5-4-6-21(23)30-22)18-25(35)32-14-12-31(3)13-15-32/h4-11,27,30H,12-18H2,1-3H3/t27-/m0/s1. The molecule has 184 valence electrons. The summed E-state index contributed by atoms with van der Waals surface area (Å²) in [5.41, 5.74) is 4.39. The Labute approximate surface area is 212 Å². The Hall–Kier alpha value is -2.83. The number of ketones is 1. The summed E-state index contributed by atoms with van der Waals surface area (Å²) in [5, 5.41) is 4.25. The Balaban J connectivity index is 1.63. The van der Waals surface area contributed by atoms with E-state index in [4.69, 9.17) is 11.6 Å². The Kier molecular flexibility index (Phi) is 6.36. The maximum atomic E-state index is 13.7. The van der Waals surface area contributed by atoms with Crippen molar-refractivity contribution in [2.45, 2.75) is 32.7 Å². The second-order valence-corrected chi connectivity index (χ2v) is 11.2. The van der Waals surface area contributed by atoms with Crippen LogP contribution < -0.4 is 10.2 Å². The van der Waals surface area contributed by atoms with Crippen molar-refractivity contribution in [2.24, 2.45) is 5.41 Å². The van der Waals surface area contributed by atoms with Crippen molar-refractivity contribution < 1.29 is 9.59 Å². The van der Waals surface area contributed by atoms with Gasteiger partial charge in [-0.05, 0) is 48.7 Å². The lowest BCUT2D eigenvalue weighted by Crippen LogP contribution is -2.50. The highest BCUT2D eigenvalue weighted by atomic mass is 35.5. The minimum absolute atomic E-state index is 0.0829. The summed E-state index contributed by atoms with van der Waals surface area (Å²) in [7, 11) is 2.08. The molecule has 1 atom stereocenters. The molecular formula is C28H33ClN4O2. The molecule has 2 aliphatic heterocycles. The molecule has 2 aromatic rings. The van der Waals surface area contributed by atoms with Crippen molar-refractivity contribution >= 4 is 34.7 Å². The first-order valence-electron chi connectivity index (χ1n) is 12.3. The summed E-state index contributed by atoms with van der Waals surface area (Å²) >= 11 is 6.23. The van der Waals surface area contributed by atoms with E-state index >= 15 is 0 Å². The number of benzene rings is 2. The van der Waals surface area contributed by atoms with E-state index in [1.807, 2.05) is 53.4 Å². The van der Waals surface area contributed by atoms with Crippen LogP contribution in [0, 0.1) is 5.41 Å². The second kappa shape index (κ2) is 9.32. The quantitative estimate of drug-likeness (QED) is 0.671. The third-order valence-corrected chi connectivity index (χ3v) is 7.60. The third kappa shape index (κ3) is 4.82. The molecule has 0 spiro atoms. The molecule has 0 bridgehead atoms. The van der Waals surface area contributed by atoms with Gasteiger partial charge in [-0.2, -0.15) is 0 Å². The molecule has 0 unspecified atom stereocenters. The molecule has 6 nitrogen and oxygen atoms in total. The van der Waals surface area contributed by atoms with Gasteiger partial charge in [0.15, 0.2) is 5.78 Å². The minimum Gasteiger partial charge on any atom is -0.357 e. The Morgan fingerprint density at radius 1 is 1.03 bits per heavy atom. The smallest absolute Gasteiger partial charge is 0.242 e. The highest BCUT2D eigenvalue weighted by Gasteiger charge is 2.42. The van der Waals surface area contributed by atoms with Crippen molar-refractivity contribution in [1.82, 2.24) is 9.80 Å². The zero-order chi connectivity index (χ0) is 24.7. The van der Waals surface area contributed by atoms with Gasteiger partial charge in [0.2, 0.25) is 5.91 Å².